The molecule has 1 fully saturated rings. The Hall–Kier alpha value is -2.04. The molecule has 23 heavy (non-hydrogen) atoms. The van der Waals surface area contributed by atoms with E-state index in [4.69, 9.17) is 0 Å². The maximum Gasteiger partial charge on any atom is 0.251 e. The molecule has 5 nitrogen and oxygen atoms in total. The van der Waals surface area contributed by atoms with Crippen molar-refractivity contribution in [1.29, 1.82) is 0 Å². The molecule has 124 valence electrons. The van der Waals surface area contributed by atoms with Gasteiger partial charge >= 0.3 is 0 Å². The smallest absolute Gasteiger partial charge is 0.251 e. The van der Waals surface area contributed by atoms with Gasteiger partial charge in [0.25, 0.3) is 5.91 Å². The molecular weight excluding hydrogens is 290 g/mol. The summed E-state index contributed by atoms with van der Waals surface area (Å²) in [6.45, 7) is 4.02. The highest BCUT2D eigenvalue weighted by molar-refractivity contribution is 6.05. The van der Waals surface area contributed by atoms with Crippen LogP contribution in [0.5, 0.6) is 0 Å². The molecule has 5 heteroatoms. The lowest BCUT2D eigenvalue weighted by Crippen LogP contribution is -2.42. The van der Waals surface area contributed by atoms with Crippen LogP contribution in [0, 0.1) is 5.92 Å². The van der Waals surface area contributed by atoms with Gasteiger partial charge in [0, 0.05) is 11.6 Å². The molecule has 1 atom stereocenters. The van der Waals surface area contributed by atoms with Crippen LogP contribution in [-0.4, -0.2) is 23.9 Å². The molecule has 0 bridgehead atoms. The van der Waals surface area contributed by atoms with E-state index >= 15 is 0 Å². The van der Waals surface area contributed by atoms with Gasteiger partial charge < -0.3 is 16.0 Å². The number of nitrogens with one attached hydrogen (secondary N) is 3. The zero-order valence-electron chi connectivity index (χ0n) is 13.8. The van der Waals surface area contributed by atoms with Gasteiger partial charge in [-0.2, -0.15) is 0 Å². The van der Waals surface area contributed by atoms with Crippen LogP contribution in [0.25, 0.3) is 0 Å². The van der Waals surface area contributed by atoms with Crippen LogP contribution in [0.2, 0.25) is 0 Å². The van der Waals surface area contributed by atoms with Crippen molar-refractivity contribution in [2.24, 2.45) is 5.92 Å². The van der Waals surface area contributed by atoms with Gasteiger partial charge in [-0.05, 0) is 37.0 Å². The Morgan fingerprint density at radius 3 is 2.61 bits per heavy atom. The minimum Gasteiger partial charge on any atom is -0.372 e. The van der Waals surface area contributed by atoms with Crippen molar-refractivity contribution in [1.82, 2.24) is 5.32 Å². The van der Waals surface area contributed by atoms with Crippen LogP contribution < -0.4 is 16.0 Å². The van der Waals surface area contributed by atoms with Gasteiger partial charge in [0.15, 0.2) is 0 Å². The molecule has 1 heterocycles. The molecule has 2 aliphatic rings. The van der Waals surface area contributed by atoms with Crippen molar-refractivity contribution >= 4 is 23.2 Å². The number of carbonyl (C=O) groups is 2. The first-order chi connectivity index (χ1) is 11.0. The fourth-order valence-corrected chi connectivity index (χ4v) is 3.34. The number of carbonyl (C=O) groups excluding carboxylic acids is 2. The molecular formula is C18H25N3O2. The van der Waals surface area contributed by atoms with Gasteiger partial charge in [0.05, 0.1) is 11.4 Å². The summed E-state index contributed by atoms with van der Waals surface area (Å²) >= 11 is 0. The fourth-order valence-electron chi connectivity index (χ4n) is 3.34. The fraction of sp³-hybridized carbons (Fsp3) is 0.556. The van der Waals surface area contributed by atoms with E-state index in [2.05, 4.69) is 16.0 Å². The molecule has 1 aliphatic carbocycles. The van der Waals surface area contributed by atoms with Crippen molar-refractivity contribution in [3.63, 3.8) is 0 Å². The molecule has 2 amide bonds. The molecule has 0 aromatic heterocycles. The summed E-state index contributed by atoms with van der Waals surface area (Å²) in [5.74, 6) is 0.106. The third kappa shape index (κ3) is 3.49. The van der Waals surface area contributed by atoms with E-state index in [-0.39, 0.29) is 29.8 Å². The zero-order valence-corrected chi connectivity index (χ0v) is 13.8. The minimum atomic E-state index is -0.232. The first-order valence-corrected chi connectivity index (χ1v) is 8.57. The maximum absolute atomic E-state index is 12.4. The average molecular weight is 315 g/mol. The Morgan fingerprint density at radius 2 is 1.91 bits per heavy atom. The number of hydrogen-bond donors (Lipinski definition) is 3. The summed E-state index contributed by atoms with van der Waals surface area (Å²) in [5, 5.41) is 9.27. The second-order valence-corrected chi connectivity index (χ2v) is 6.92. The summed E-state index contributed by atoms with van der Waals surface area (Å²) in [6, 6.07) is 5.50. The van der Waals surface area contributed by atoms with Gasteiger partial charge in [0.1, 0.15) is 6.04 Å². The van der Waals surface area contributed by atoms with Crippen LogP contribution in [0.4, 0.5) is 11.4 Å². The third-order valence-electron chi connectivity index (χ3n) is 4.74. The molecule has 0 spiro atoms. The predicted molar refractivity (Wildman–Crippen MR) is 91.7 cm³/mol. The molecule has 1 aliphatic heterocycles. The summed E-state index contributed by atoms with van der Waals surface area (Å²) in [5.41, 5.74) is 2.15. The van der Waals surface area contributed by atoms with E-state index < -0.39 is 0 Å². The lowest BCUT2D eigenvalue weighted by atomic mass is 9.95. The van der Waals surface area contributed by atoms with Gasteiger partial charge in [-0.3, -0.25) is 9.59 Å². The highest BCUT2D eigenvalue weighted by Crippen LogP contribution is 2.29. The summed E-state index contributed by atoms with van der Waals surface area (Å²) in [6.07, 6.45) is 5.76. The van der Waals surface area contributed by atoms with Gasteiger partial charge in [0.2, 0.25) is 5.91 Å². The van der Waals surface area contributed by atoms with Crippen LogP contribution >= 0.6 is 0 Å². The lowest BCUT2D eigenvalue weighted by molar-refractivity contribution is -0.117. The standard InChI is InChI=1S/C18H25N3O2/c1-11(2)16-18(23)21-15-10-12(8-9-14(15)20-16)17(22)19-13-6-4-3-5-7-13/h8-11,13,16,20H,3-7H2,1-2H3,(H,19,22)(H,21,23)/t16-/m0/s1. The average Bonchev–Trinajstić information content (AvgIpc) is 2.54. The Morgan fingerprint density at radius 1 is 1.17 bits per heavy atom. The Kier molecular flexibility index (Phi) is 4.55. The Balaban J connectivity index is 1.72. The molecule has 3 rings (SSSR count). The highest BCUT2D eigenvalue weighted by atomic mass is 16.2. The van der Waals surface area contributed by atoms with E-state index in [0.717, 1.165) is 18.5 Å². The van der Waals surface area contributed by atoms with Crippen LogP contribution in [-0.2, 0) is 4.79 Å². The molecule has 0 unspecified atom stereocenters. The summed E-state index contributed by atoms with van der Waals surface area (Å²) in [7, 11) is 0. The van der Waals surface area contributed by atoms with Crippen LogP contribution in [0.15, 0.2) is 18.2 Å². The van der Waals surface area contributed by atoms with Crippen LogP contribution in [0.1, 0.15) is 56.3 Å². The molecule has 0 radical (unpaired) electrons. The van der Waals surface area contributed by atoms with Gasteiger partial charge in [-0.1, -0.05) is 33.1 Å². The topological polar surface area (TPSA) is 70.2 Å². The van der Waals surface area contributed by atoms with Crippen molar-refractivity contribution in [2.45, 2.75) is 58.0 Å². The monoisotopic (exact) mass is 315 g/mol. The highest BCUT2D eigenvalue weighted by Gasteiger charge is 2.28. The van der Waals surface area contributed by atoms with E-state index in [0.29, 0.717) is 11.3 Å². The minimum absolute atomic E-state index is 0.0441. The Bertz CT molecular complexity index is 606. The van der Waals surface area contributed by atoms with Crippen molar-refractivity contribution in [3.05, 3.63) is 23.8 Å². The summed E-state index contributed by atoms with van der Waals surface area (Å²) in [4.78, 5) is 24.5. The normalized spacial score (nSPS) is 21.3. The second-order valence-electron chi connectivity index (χ2n) is 6.92. The first-order valence-electron chi connectivity index (χ1n) is 8.57. The largest absolute Gasteiger partial charge is 0.372 e. The number of benzene rings is 1. The number of rotatable bonds is 3. The number of amides is 2. The number of anilines is 2. The molecule has 1 saturated carbocycles. The van der Waals surface area contributed by atoms with Gasteiger partial charge in [-0.25, -0.2) is 0 Å². The Labute approximate surface area is 137 Å². The predicted octanol–water partition coefficient (Wildman–Crippen LogP) is 3.14. The van der Waals surface area contributed by atoms with Crippen molar-refractivity contribution < 1.29 is 9.59 Å². The maximum atomic E-state index is 12.4. The molecule has 0 saturated heterocycles. The molecule has 1 aromatic carbocycles. The van der Waals surface area contributed by atoms with E-state index in [1.54, 1.807) is 6.07 Å². The van der Waals surface area contributed by atoms with E-state index in [1.165, 1.54) is 19.3 Å². The quantitative estimate of drug-likeness (QED) is 0.802. The van der Waals surface area contributed by atoms with Crippen LogP contribution in [0.3, 0.4) is 0 Å². The number of fused-ring (bicyclic) bond motifs is 1. The SMILES string of the molecule is CC(C)[C@@H]1Nc2ccc(C(=O)NC3CCCCC3)cc2NC1=O. The van der Waals surface area contributed by atoms with E-state index in [9.17, 15) is 9.59 Å². The lowest BCUT2D eigenvalue weighted by Gasteiger charge is -2.29. The summed E-state index contributed by atoms with van der Waals surface area (Å²) < 4.78 is 0. The van der Waals surface area contributed by atoms with Gasteiger partial charge in [-0.15, -0.1) is 0 Å². The van der Waals surface area contributed by atoms with E-state index in [1.807, 2.05) is 26.0 Å². The first kappa shape index (κ1) is 15.8. The number of hydrogen-bond acceptors (Lipinski definition) is 3. The van der Waals surface area contributed by atoms with Crippen molar-refractivity contribution in [2.75, 3.05) is 10.6 Å². The second kappa shape index (κ2) is 6.60. The third-order valence-corrected chi connectivity index (χ3v) is 4.74. The zero-order chi connectivity index (χ0) is 16.4. The molecule has 3 N–H and O–H groups in total. The molecule has 1 aromatic rings. The van der Waals surface area contributed by atoms with Crippen molar-refractivity contribution in [3.8, 4) is 0 Å².